The molecule has 0 saturated heterocycles. The third kappa shape index (κ3) is 2.42. The van der Waals surface area contributed by atoms with E-state index in [0.29, 0.717) is 11.2 Å². The summed E-state index contributed by atoms with van der Waals surface area (Å²) < 4.78 is 1.74. The summed E-state index contributed by atoms with van der Waals surface area (Å²) in [7, 11) is 1.88. The summed E-state index contributed by atoms with van der Waals surface area (Å²) >= 11 is 5.09. The first-order valence-corrected chi connectivity index (χ1v) is 4.72. The Bertz CT molecular complexity index is 316. The molecule has 2 N–H and O–H groups in total. The van der Waals surface area contributed by atoms with Crippen molar-refractivity contribution in [3.05, 3.63) is 12.3 Å². The van der Waals surface area contributed by atoms with Crippen molar-refractivity contribution in [1.82, 2.24) is 15.1 Å². The second-order valence-electron chi connectivity index (χ2n) is 3.25. The highest BCUT2D eigenvalue weighted by Gasteiger charge is 2.21. The van der Waals surface area contributed by atoms with E-state index in [-0.39, 0.29) is 0 Å². The predicted octanol–water partition coefficient (Wildman–Crippen LogP) is 0.869. The van der Waals surface area contributed by atoms with E-state index in [1.54, 1.807) is 4.68 Å². The summed E-state index contributed by atoms with van der Waals surface area (Å²) in [6.07, 6.45) is 4.33. The Kier molecular flexibility index (Phi) is 2.18. The Morgan fingerprint density at radius 2 is 2.46 bits per heavy atom. The molecule has 0 radical (unpaired) electrons. The largest absolute Gasteiger partial charge is 0.360 e. The van der Waals surface area contributed by atoms with Crippen LogP contribution < -0.4 is 10.6 Å². The number of anilines is 1. The minimum absolute atomic E-state index is 0.587. The van der Waals surface area contributed by atoms with Crippen LogP contribution in [-0.2, 0) is 7.05 Å². The van der Waals surface area contributed by atoms with Crippen molar-refractivity contribution in [1.29, 1.82) is 0 Å². The maximum absolute atomic E-state index is 5.09. The van der Waals surface area contributed by atoms with Crippen molar-refractivity contribution in [2.45, 2.75) is 18.9 Å². The van der Waals surface area contributed by atoms with Crippen molar-refractivity contribution in [2.24, 2.45) is 7.05 Å². The number of nitrogens with zero attached hydrogens (tertiary/aromatic N) is 2. The Labute approximate surface area is 82.3 Å². The second-order valence-corrected chi connectivity index (χ2v) is 3.66. The fourth-order valence-corrected chi connectivity index (χ4v) is 1.32. The Hall–Kier alpha value is -1.10. The maximum Gasteiger partial charge on any atom is 0.172 e. The van der Waals surface area contributed by atoms with Crippen molar-refractivity contribution in [2.75, 3.05) is 5.32 Å². The molecule has 0 aromatic carbocycles. The van der Waals surface area contributed by atoms with Gasteiger partial charge in [0.25, 0.3) is 0 Å². The lowest BCUT2D eigenvalue weighted by Crippen LogP contribution is -2.30. The standard InChI is InChI=1S/C8H12N4S/c1-12-5-4-7(11-12)10-8(13)9-6-2-3-6/h4-6H,2-3H2,1H3,(H2,9,10,11,13). The molecular formula is C8H12N4S. The van der Waals surface area contributed by atoms with Crippen LogP contribution in [0.2, 0.25) is 0 Å². The van der Waals surface area contributed by atoms with E-state index in [1.807, 2.05) is 19.3 Å². The number of thiocarbonyl (C=S) groups is 1. The minimum Gasteiger partial charge on any atom is -0.360 e. The molecular weight excluding hydrogens is 184 g/mol. The molecule has 0 bridgehead atoms. The van der Waals surface area contributed by atoms with Crippen molar-refractivity contribution in [3.8, 4) is 0 Å². The molecule has 0 amide bonds. The first kappa shape index (κ1) is 8.50. The third-order valence-electron chi connectivity index (χ3n) is 1.87. The molecule has 1 aliphatic rings. The number of hydrogen-bond acceptors (Lipinski definition) is 2. The molecule has 13 heavy (non-hydrogen) atoms. The Balaban J connectivity index is 1.85. The summed E-state index contributed by atoms with van der Waals surface area (Å²) in [6.45, 7) is 0. The fourth-order valence-electron chi connectivity index (χ4n) is 1.05. The van der Waals surface area contributed by atoms with Crippen LogP contribution in [0.15, 0.2) is 12.3 Å². The molecule has 1 aliphatic carbocycles. The fraction of sp³-hybridized carbons (Fsp3) is 0.500. The molecule has 1 aromatic rings. The van der Waals surface area contributed by atoms with Gasteiger partial charge in [0.05, 0.1) is 0 Å². The van der Waals surface area contributed by atoms with Crippen LogP contribution in [0.25, 0.3) is 0 Å². The molecule has 5 heteroatoms. The number of aromatic nitrogens is 2. The van der Waals surface area contributed by atoms with Gasteiger partial charge in [0, 0.05) is 25.4 Å². The average molecular weight is 196 g/mol. The smallest absolute Gasteiger partial charge is 0.172 e. The second kappa shape index (κ2) is 3.33. The quantitative estimate of drug-likeness (QED) is 0.689. The summed E-state index contributed by atoms with van der Waals surface area (Å²) in [4.78, 5) is 0. The zero-order chi connectivity index (χ0) is 9.26. The molecule has 1 heterocycles. The van der Waals surface area contributed by atoms with Gasteiger partial charge in [0.15, 0.2) is 10.9 Å². The Morgan fingerprint density at radius 3 is 3.00 bits per heavy atom. The van der Waals surface area contributed by atoms with Crippen LogP contribution in [0.4, 0.5) is 5.82 Å². The van der Waals surface area contributed by atoms with E-state index in [0.717, 1.165) is 5.82 Å². The van der Waals surface area contributed by atoms with Crippen LogP contribution >= 0.6 is 12.2 Å². The highest BCUT2D eigenvalue weighted by atomic mass is 32.1. The van der Waals surface area contributed by atoms with Gasteiger partial charge in [-0.25, -0.2) is 0 Å². The van der Waals surface area contributed by atoms with E-state index in [9.17, 15) is 0 Å². The summed E-state index contributed by atoms with van der Waals surface area (Å²) in [6, 6.07) is 2.48. The molecule has 0 atom stereocenters. The van der Waals surface area contributed by atoms with Gasteiger partial charge < -0.3 is 10.6 Å². The van der Waals surface area contributed by atoms with Gasteiger partial charge in [-0.15, -0.1) is 0 Å². The normalized spacial score (nSPS) is 15.5. The lowest BCUT2D eigenvalue weighted by atomic mass is 10.6. The summed E-state index contributed by atoms with van der Waals surface area (Å²) in [5.41, 5.74) is 0. The average Bonchev–Trinajstić information content (AvgIpc) is 2.76. The zero-order valence-corrected chi connectivity index (χ0v) is 8.27. The lowest BCUT2D eigenvalue weighted by Gasteiger charge is -2.05. The molecule has 0 spiro atoms. The summed E-state index contributed by atoms with van der Waals surface area (Å²) in [5, 5.41) is 11.0. The highest BCUT2D eigenvalue weighted by Crippen LogP contribution is 2.18. The van der Waals surface area contributed by atoms with Crippen molar-refractivity contribution < 1.29 is 0 Å². The third-order valence-corrected chi connectivity index (χ3v) is 2.09. The van der Waals surface area contributed by atoms with Gasteiger partial charge in [-0.2, -0.15) is 5.10 Å². The van der Waals surface area contributed by atoms with Gasteiger partial charge in [-0.1, -0.05) is 0 Å². The molecule has 1 fully saturated rings. The maximum atomic E-state index is 5.09. The summed E-state index contributed by atoms with van der Waals surface area (Å²) in [5.74, 6) is 0.792. The topological polar surface area (TPSA) is 41.9 Å². The molecule has 70 valence electrons. The van der Waals surface area contributed by atoms with Crippen LogP contribution in [0.3, 0.4) is 0 Å². The number of rotatable bonds is 2. The molecule has 0 aliphatic heterocycles. The minimum atomic E-state index is 0.587. The predicted molar refractivity (Wildman–Crippen MR) is 55.6 cm³/mol. The van der Waals surface area contributed by atoms with E-state index >= 15 is 0 Å². The SMILES string of the molecule is Cn1ccc(NC(=S)NC2CC2)n1. The van der Waals surface area contributed by atoms with E-state index < -0.39 is 0 Å². The van der Waals surface area contributed by atoms with E-state index in [2.05, 4.69) is 15.7 Å². The molecule has 1 saturated carbocycles. The Morgan fingerprint density at radius 1 is 1.69 bits per heavy atom. The van der Waals surface area contributed by atoms with Crippen molar-refractivity contribution in [3.63, 3.8) is 0 Å². The van der Waals surface area contributed by atoms with Crippen molar-refractivity contribution >= 4 is 23.1 Å². The highest BCUT2D eigenvalue weighted by molar-refractivity contribution is 7.80. The van der Waals surface area contributed by atoms with Gasteiger partial charge in [0.1, 0.15) is 0 Å². The van der Waals surface area contributed by atoms with E-state index in [4.69, 9.17) is 12.2 Å². The van der Waals surface area contributed by atoms with Gasteiger partial charge in [0.2, 0.25) is 0 Å². The number of hydrogen-bond donors (Lipinski definition) is 2. The van der Waals surface area contributed by atoms with Crippen LogP contribution in [0, 0.1) is 0 Å². The number of aryl methyl sites for hydroxylation is 1. The van der Waals surface area contributed by atoms with Gasteiger partial charge in [-0.3, -0.25) is 4.68 Å². The van der Waals surface area contributed by atoms with Gasteiger partial charge in [-0.05, 0) is 25.1 Å². The molecule has 2 rings (SSSR count). The number of nitrogens with one attached hydrogen (secondary N) is 2. The lowest BCUT2D eigenvalue weighted by molar-refractivity contribution is 0.771. The van der Waals surface area contributed by atoms with E-state index in [1.165, 1.54) is 12.8 Å². The van der Waals surface area contributed by atoms with Gasteiger partial charge >= 0.3 is 0 Å². The molecule has 1 aromatic heterocycles. The van der Waals surface area contributed by atoms with Crippen LogP contribution in [0.5, 0.6) is 0 Å². The first-order chi connectivity index (χ1) is 6.24. The first-order valence-electron chi connectivity index (χ1n) is 4.31. The molecule has 0 unspecified atom stereocenters. The zero-order valence-electron chi connectivity index (χ0n) is 7.45. The van der Waals surface area contributed by atoms with Crippen LogP contribution in [-0.4, -0.2) is 20.9 Å². The monoisotopic (exact) mass is 196 g/mol. The molecule has 4 nitrogen and oxygen atoms in total. The van der Waals surface area contributed by atoms with Crippen LogP contribution in [0.1, 0.15) is 12.8 Å².